The van der Waals surface area contributed by atoms with Crippen LogP contribution in [0.2, 0.25) is 0 Å². The molecule has 0 atom stereocenters. The first-order valence-corrected chi connectivity index (χ1v) is 4.30. The van der Waals surface area contributed by atoms with Gasteiger partial charge < -0.3 is 5.32 Å². The van der Waals surface area contributed by atoms with Crippen LogP contribution in [-0.2, 0) is 0 Å². The van der Waals surface area contributed by atoms with Gasteiger partial charge in [-0.1, -0.05) is 22.6 Å². The summed E-state index contributed by atoms with van der Waals surface area (Å²) in [5, 5.41) is 3.15. The normalized spacial score (nSPS) is 9.43. The summed E-state index contributed by atoms with van der Waals surface area (Å²) in [7, 11) is 0. The molecule has 0 unspecified atom stereocenters. The molecule has 0 fully saturated rings. The van der Waals surface area contributed by atoms with Crippen LogP contribution in [0.1, 0.15) is 0 Å². The summed E-state index contributed by atoms with van der Waals surface area (Å²) >= 11 is 7.69. The van der Waals surface area contributed by atoms with E-state index in [1.54, 1.807) is 0 Å². The lowest BCUT2D eigenvalue weighted by Gasteiger charge is -1.93. The van der Waals surface area contributed by atoms with Crippen LogP contribution in [0.5, 0.6) is 0 Å². The summed E-state index contributed by atoms with van der Waals surface area (Å²) in [6.07, 6.45) is 0. The molecule has 1 N–H and O–H groups in total. The maximum absolute atomic E-state index is 5.37. The van der Waals surface area contributed by atoms with Gasteiger partial charge in [-0.3, -0.25) is 0 Å². The Hall–Kier alpha value is 0.980. The van der Waals surface area contributed by atoms with Gasteiger partial charge in [0.2, 0.25) is 0 Å². The molecule has 0 aliphatic heterocycles. The maximum atomic E-state index is 5.37. The fraction of sp³-hybridized carbons (Fsp3) is 1.00. The van der Waals surface area contributed by atoms with Crippen LogP contribution in [0.3, 0.4) is 0 Å². The quantitative estimate of drug-likeness (QED) is 0.438. The lowest BCUT2D eigenvalue weighted by atomic mass is 10.7. The van der Waals surface area contributed by atoms with Crippen molar-refractivity contribution in [1.29, 1.82) is 0 Å². The molecule has 0 aromatic rings. The van der Waals surface area contributed by atoms with Crippen LogP contribution in [0.15, 0.2) is 0 Å². The average Bonchev–Trinajstić information content (AvgIpc) is 1.69. The molecule has 0 aromatic heterocycles. The van der Waals surface area contributed by atoms with Crippen LogP contribution in [-0.4, -0.2) is 23.4 Å². The van der Waals surface area contributed by atoms with E-state index in [4.69, 9.17) is 11.6 Å². The van der Waals surface area contributed by atoms with Gasteiger partial charge in [0, 0.05) is 23.4 Å². The molecule has 0 saturated heterocycles. The van der Waals surface area contributed by atoms with Gasteiger partial charge in [-0.15, -0.1) is 11.6 Å². The Bertz CT molecular complexity index is 30.9. The van der Waals surface area contributed by atoms with Crippen molar-refractivity contribution in [3.05, 3.63) is 0 Å². The molecule has 0 heterocycles. The van der Waals surface area contributed by atoms with Crippen LogP contribution in [0.25, 0.3) is 0 Å². The second-order valence-corrected chi connectivity index (χ2v) is 2.58. The van der Waals surface area contributed by atoms with E-state index in [1.807, 2.05) is 0 Å². The van der Waals surface area contributed by atoms with Crippen molar-refractivity contribution in [2.75, 3.05) is 23.4 Å². The monoisotopic (exact) mass is 233 g/mol. The minimum Gasteiger partial charge on any atom is -0.315 e. The third-order valence-electron chi connectivity index (χ3n) is 0.543. The first-order valence-electron chi connectivity index (χ1n) is 2.24. The molecule has 0 rings (SSSR count). The van der Waals surface area contributed by atoms with Crippen molar-refractivity contribution >= 4 is 34.2 Å². The summed E-state index contributed by atoms with van der Waals surface area (Å²) in [6, 6.07) is 0. The molecule has 0 amide bonds. The highest BCUT2D eigenvalue weighted by atomic mass is 127. The third-order valence-corrected chi connectivity index (χ3v) is 1.27. The van der Waals surface area contributed by atoms with E-state index < -0.39 is 0 Å². The van der Waals surface area contributed by atoms with Crippen LogP contribution < -0.4 is 5.32 Å². The highest BCUT2D eigenvalue weighted by Crippen LogP contribution is 1.75. The maximum Gasteiger partial charge on any atom is 0.0348 e. The largest absolute Gasteiger partial charge is 0.315 e. The van der Waals surface area contributed by atoms with E-state index in [1.165, 1.54) is 0 Å². The molecule has 0 bridgehead atoms. The van der Waals surface area contributed by atoms with Crippen molar-refractivity contribution in [3.63, 3.8) is 0 Å². The van der Waals surface area contributed by atoms with Gasteiger partial charge in [0.05, 0.1) is 0 Å². The average molecular weight is 233 g/mol. The minimum atomic E-state index is 0.719. The Kier molecular flexibility index (Phi) is 7.96. The van der Waals surface area contributed by atoms with Gasteiger partial charge in [-0.25, -0.2) is 0 Å². The SMILES string of the molecule is ClCCNCCI. The smallest absolute Gasteiger partial charge is 0.0348 e. The van der Waals surface area contributed by atoms with Gasteiger partial charge in [0.15, 0.2) is 0 Å². The van der Waals surface area contributed by atoms with Crippen LogP contribution >= 0.6 is 34.2 Å². The summed E-state index contributed by atoms with van der Waals surface area (Å²) in [6.45, 7) is 2.01. The fourth-order valence-corrected chi connectivity index (χ4v) is 0.774. The van der Waals surface area contributed by atoms with E-state index in [9.17, 15) is 0 Å². The predicted molar refractivity (Wildman–Crippen MR) is 42.5 cm³/mol. The van der Waals surface area contributed by atoms with Crippen molar-refractivity contribution in [2.45, 2.75) is 0 Å². The molecule has 7 heavy (non-hydrogen) atoms. The summed E-state index contributed by atoms with van der Waals surface area (Å²) < 4.78 is 1.16. The molecule has 0 aliphatic carbocycles. The lowest BCUT2D eigenvalue weighted by Crippen LogP contribution is -2.18. The highest BCUT2D eigenvalue weighted by Gasteiger charge is 1.78. The Labute approximate surface area is 62.9 Å². The van der Waals surface area contributed by atoms with Crippen molar-refractivity contribution in [3.8, 4) is 0 Å². The summed E-state index contributed by atoms with van der Waals surface area (Å²) in [5.41, 5.74) is 0. The Balaban J connectivity index is 2.45. The molecule has 0 saturated carbocycles. The molecule has 44 valence electrons. The van der Waals surface area contributed by atoms with E-state index in [0.717, 1.165) is 23.4 Å². The van der Waals surface area contributed by atoms with Gasteiger partial charge in [-0.05, 0) is 0 Å². The first kappa shape index (κ1) is 7.98. The van der Waals surface area contributed by atoms with Crippen molar-refractivity contribution < 1.29 is 0 Å². The molecular formula is C4H9ClIN. The highest BCUT2D eigenvalue weighted by molar-refractivity contribution is 14.1. The molecule has 0 aliphatic rings. The fourth-order valence-electron chi connectivity index (χ4n) is 0.259. The van der Waals surface area contributed by atoms with E-state index in [0.29, 0.717) is 0 Å². The summed E-state index contributed by atoms with van der Waals surface area (Å²) in [4.78, 5) is 0. The molecule has 0 radical (unpaired) electrons. The molecule has 3 heteroatoms. The Morgan fingerprint density at radius 1 is 1.43 bits per heavy atom. The first-order chi connectivity index (χ1) is 3.41. The molecule has 0 aromatic carbocycles. The standard InChI is InChI=1S/C4H9ClIN/c5-1-3-7-4-2-6/h7H,1-4H2. The summed E-state index contributed by atoms with van der Waals surface area (Å²) in [5.74, 6) is 0.719. The Morgan fingerprint density at radius 3 is 2.57 bits per heavy atom. The second kappa shape index (κ2) is 6.98. The predicted octanol–water partition coefficient (Wildman–Crippen LogP) is 1.25. The minimum absolute atomic E-state index is 0.719. The van der Waals surface area contributed by atoms with Gasteiger partial charge >= 0.3 is 0 Å². The van der Waals surface area contributed by atoms with Crippen LogP contribution in [0.4, 0.5) is 0 Å². The Morgan fingerprint density at radius 2 is 2.14 bits per heavy atom. The van der Waals surface area contributed by atoms with E-state index in [-0.39, 0.29) is 0 Å². The van der Waals surface area contributed by atoms with Crippen molar-refractivity contribution in [2.24, 2.45) is 0 Å². The number of halogens is 2. The number of rotatable bonds is 4. The van der Waals surface area contributed by atoms with Gasteiger partial charge in [0.25, 0.3) is 0 Å². The second-order valence-electron chi connectivity index (χ2n) is 1.13. The van der Waals surface area contributed by atoms with E-state index in [2.05, 4.69) is 27.9 Å². The number of nitrogens with one attached hydrogen (secondary N) is 1. The number of hydrogen-bond donors (Lipinski definition) is 1. The van der Waals surface area contributed by atoms with E-state index >= 15 is 0 Å². The van der Waals surface area contributed by atoms with Crippen molar-refractivity contribution in [1.82, 2.24) is 5.32 Å². The number of alkyl halides is 2. The van der Waals surface area contributed by atoms with Gasteiger partial charge in [0.1, 0.15) is 0 Å². The zero-order valence-corrected chi connectivity index (χ0v) is 7.00. The van der Waals surface area contributed by atoms with Gasteiger partial charge in [-0.2, -0.15) is 0 Å². The lowest BCUT2D eigenvalue weighted by molar-refractivity contribution is 0.777. The third kappa shape index (κ3) is 6.98. The molecule has 0 spiro atoms. The molecular weight excluding hydrogens is 224 g/mol. The van der Waals surface area contributed by atoms with Crippen LogP contribution in [0, 0.1) is 0 Å². The topological polar surface area (TPSA) is 12.0 Å². The zero-order chi connectivity index (χ0) is 5.54. The molecule has 1 nitrogen and oxygen atoms in total. The number of hydrogen-bond acceptors (Lipinski definition) is 1. The zero-order valence-electron chi connectivity index (χ0n) is 4.08.